The highest BCUT2D eigenvalue weighted by atomic mass is 32.2. The summed E-state index contributed by atoms with van der Waals surface area (Å²) in [5, 5.41) is 24.3. The van der Waals surface area contributed by atoms with Crippen molar-refractivity contribution in [3.05, 3.63) is 94.4 Å². The molecule has 0 spiro atoms. The minimum Gasteiger partial charge on any atom is -0.744 e. The van der Waals surface area contributed by atoms with Gasteiger partial charge in [0.05, 0.1) is 248 Å². The first-order valence-corrected chi connectivity index (χ1v) is 42.2. The van der Waals surface area contributed by atoms with Crippen molar-refractivity contribution < 1.29 is 147 Å². The van der Waals surface area contributed by atoms with Crippen molar-refractivity contribution in [1.29, 1.82) is 0 Å². The molecule has 656 valence electrons. The molecule has 3 aliphatic heterocycles. The number of benzene rings is 2. The van der Waals surface area contributed by atoms with Crippen molar-refractivity contribution in [2.24, 2.45) is 0 Å². The number of hydrogen-bond donors (Lipinski definition) is 1. The zero-order valence-corrected chi connectivity index (χ0v) is 69.9. The van der Waals surface area contributed by atoms with Crippen molar-refractivity contribution in [2.75, 3.05) is 301 Å². The average molecular weight is 1680 g/mol. The quantitative estimate of drug-likeness (QED) is 0.0177. The van der Waals surface area contributed by atoms with Gasteiger partial charge >= 0.3 is 5.97 Å². The molecule has 0 amide bonds. The molecule has 2 fully saturated rings. The minimum atomic E-state index is -4.76. The van der Waals surface area contributed by atoms with E-state index in [1.54, 1.807) is 20.3 Å². The molecule has 33 nitrogen and oxygen atoms in total. The Kier molecular flexibility index (Phi) is 53.2. The van der Waals surface area contributed by atoms with E-state index in [1.165, 1.54) is 12.1 Å². The van der Waals surface area contributed by atoms with Crippen molar-refractivity contribution in [3.8, 4) is 0 Å². The Morgan fingerprint density at radius 2 is 0.835 bits per heavy atom. The molecule has 3 heterocycles. The van der Waals surface area contributed by atoms with Gasteiger partial charge in [0, 0.05) is 96.2 Å². The summed E-state index contributed by atoms with van der Waals surface area (Å²) in [7, 11) is -1.49. The number of rotatable bonds is 74. The molecule has 1 saturated heterocycles. The molecule has 0 bridgehead atoms. The highest BCUT2D eigenvalue weighted by Crippen LogP contribution is 2.52. The number of carboxylic acids is 1. The summed E-state index contributed by atoms with van der Waals surface area (Å²) in [6.45, 7) is 24.9. The molecule has 6 rings (SSSR count). The third-order valence-corrected chi connectivity index (χ3v) is 20.2. The van der Waals surface area contributed by atoms with Crippen LogP contribution in [0.25, 0.3) is 0 Å². The first-order chi connectivity index (χ1) is 56.2. The second-order valence-electron chi connectivity index (χ2n) is 27.3. The zero-order valence-electron chi connectivity index (χ0n) is 68.3. The van der Waals surface area contributed by atoms with Crippen LogP contribution < -0.4 is 15.1 Å². The summed E-state index contributed by atoms with van der Waals surface area (Å²) in [6, 6.07) is 10.4. The molecule has 4 aliphatic rings. The van der Waals surface area contributed by atoms with E-state index in [9.17, 15) is 28.1 Å². The van der Waals surface area contributed by atoms with Crippen LogP contribution in [-0.2, 0) is 140 Å². The van der Waals surface area contributed by atoms with Crippen molar-refractivity contribution >= 4 is 45.2 Å². The molecular weight excluding hydrogens is 1550 g/mol. The fraction of sp³-hybridized carbons (Fsp3) is 0.725. The van der Waals surface area contributed by atoms with E-state index in [0.29, 0.717) is 254 Å². The Bertz CT molecular complexity index is 3210. The maximum atomic E-state index is 12.5. The summed E-state index contributed by atoms with van der Waals surface area (Å²) >= 11 is 0.816. The van der Waals surface area contributed by atoms with E-state index in [0.717, 1.165) is 102 Å². The lowest BCUT2D eigenvalue weighted by Crippen LogP contribution is -2.30. The standard InChI is InChI=1S/C80H129N3O30S2/c1-79(2)71-66-70(115(87,88)89)17-19-73(71)83(26-28-109-111-64-62-107-60-58-105-56-54-103-52-50-101-48-46-99-44-42-97-40-38-95-36-34-93-32-30-91-5)75(79)20-14-67-12-13-68(78(67)81-23-9-10-24-81)15-21-76-80(3,72-65-69(114-113-112-86)16-18-74(72)82(76)25-8-6-7-11-77(84)85)22-27-108-110-63-61-106-59-57-104-55-53-102-51-49-100-47-45-98-43-41-96-39-37-94-35-33-92-31-29-90-4/h14-21,65-66H,6-13,22-64H2,1-5H3,(H2-,84,85,86,87,88,89)/p-1. The second kappa shape index (κ2) is 61.7. The SMILES string of the molecule is COCCOCCOCCOCCOCCOCCOCCOCCOCCOOCCN1C(=CC=C2CCC(=CC=C3N(CCCCCC(=O)O)c4ccc(SOO[O-])cc4C3(C)CCOOCCOCCOCCOCCOCCOCCOCCOCCOCCOC)C2=[N+]2CCCC2)C(C)(C)c2cc(S(=O)(=O)[O-])ccc21. The molecule has 1 atom stereocenters. The lowest BCUT2D eigenvalue weighted by atomic mass is 9.78. The highest BCUT2D eigenvalue weighted by Gasteiger charge is 2.45. The van der Waals surface area contributed by atoms with E-state index in [4.69, 9.17) is 109 Å². The summed E-state index contributed by atoms with van der Waals surface area (Å²) in [6.07, 6.45) is 14.8. The van der Waals surface area contributed by atoms with Crippen LogP contribution in [0.5, 0.6) is 0 Å². The number of allylic oxidation sites excluding steroid dienone is 8. The van der Waals surface area contributed by atoms with Crippen LogP contribution in [0.15, 0.2) is 93.0 Å². The maximum absolute atomic E-state index is 12.5. The predicted molar refractivity (Wildman–Crippen MR) is 421 cm³/mol. The molecule has 115 heavy (non-hydrogen) atoms. The molecule has 0 radical (unpaired) electrons. The van der Waals surface area contributed by atoms with Crippen LogP contribution >= 0.6 is 12.0 Å². The van der Waals surface area contributed by atoms with Gasteiger partial charge in [-0.1, -0.05) is 32.4 Å². The average Bonchev–Trinajstić information content (AvgIpc) is 1.59. The van der Waals surface area contributed by atoms with Crippen molar-refractivity contribution in [3.63, 3.8) is 0 Å². The summed E-state index contributed by atoms with van der Waals surface area (Å²) in [5.74, 6) is -0.834. The van der Waals surface area contributed by atoms with Crippen LogP contribution in [-0.4, -0.2) is 326 Å². The van der Waals surface area contributed by atoms with E-state index in [2.05, 4.69) is 50.6 Å². The Morgan fingerprint density at radius 3 is 1.24 bits per heavy atom. The summed E-state index contributed by atoms with van der Waals surface area (Å²) in [5.41, 5.74) is 7.32. The predicted octanol–water partition coefficient (Wildman–Crippen LogP) is 6.85. The molecule has 1 aliphatic carbocycles. The van der Waals surface area contributed by atoms with Gasteiger partial charge in [0.15, 0.2) is 0 Å². The fourth-order valence-corrected chi connectivity index (χ4v) is 13.9. The van der Waals surface area contributed by atoms with Gasteiger partial charge in [0.1, 0.15) is 43.0 Å². The number of ether oxygens (including phenoxy) is 18. The number of methoxy groups -OCH3 is 2. The molecule has 1 N–H and O–H groups in total. The molecule has 1 saturated carbocycles. The lowest BCUT2D eigenvalue weighted by molar-refractivity contribution is -0.777. The van der Waals surface area contributed by atoms with Crippen LogP contribution in [0.2, 0.25) is 0 Å². The van der Waals surface area contributed by atoms with Crippen LogP contribution in [0, 0.1) is 0 Å². The largest absolute Gasteiger partial charge is 0.744 e. The van der Waals surface area contributed by atoms with E-state index >= 15 is 0 Å². The number of hydrogen-bond acceptors (Lipinski definition) is 32. The van der Waals surface area contributed by atoms with Crippen molar-refractivity contribution in [1.82, 2.24) is 0 Å². The van der Waals surface area contributed by atoms with Crippen LogP contribution in [0.1, 0.15) is 89.7 Å². The van der Waals surface area contributed by atoms with E-state index < -0.39 is 26.9 Å². The van der Waals surface area contributed by atoms with Gasteiger partial charge in [-0.05, 0) is 98.7 Å². The third-order valence-electron chi connectivity index (χ3n) is 18.8. The number of anilines is 2. The Balaban J connectivity index is 0.967. The molecule has 35 heteroatoms. The van der Waals surface area contributed by atoms with Gasteiger partial charge in [-0.25, -0.2) is 32.5 Å². The first kappa shape index (κ1) is 99.2. The fourth-order valence-electron chi connectivity index (χ4n) is 13.0. The first-order valence-electron chi connectivity index (χ1n) is 40.1. The number of carbonyl (C=O) groups is 1. The van der Waals surface area contributed by atoms with Gasteiger partial charge in [-0.3, -0.25) is 9.83 Å². The number of unbranched alkanes of at least 4 members (excludes halogenated alkanes) is 2. The molecule has 0 aromatic heterocycles. The summed E-state index contributed by atoms with van der Waals surface area (Å²) < 4.78 is 143. The Hall–Kier alpha value is -4.60. The second-order valence-corrected chi connectivity index (χ2v) is 29.5. The number of carboxylic acid groups (broad SMARTS) is 1. The van der Waals surface area contributed by atoms with Crippen LogP contribution in [0.3, 0.4) is 0 Å². The molecule has 2 aromatic carbocycles. The van der Waals surface area contributed by atoms with Gasteiger partial charge in [-0.15, -0.1) is 0 Å². The monoisotopic (exact) mass is 1670 g/mol. The van der Waals surface area contributed by atoms with Gasteiger partial charge in [0.25, 0.3) is 0 Å². The van der Waals surface area contributed by atoms with E-state index in [-0.39, 0.29) is 51.0 Å². The Labute approximate surface area is 683 Å². The van der Waals surface area contributed by atoms with Gasteiger partial charge in [-0.2, -0.15) is 4.33 Å². The van der Waals surface area contributed by atoms with Crippen molar-refractivity contribution in [2.45, 2.75) is 99.2 Å². The maximum Gasteiger partial charge on any atom is 0.303 e. The van der Waals surface area contributed by atoms with Gasteiger partial charge in [0.2, 0.25) is 5.71 Å². The normalized spacial score (nSPS) is 17.6. The number of aliphatic carboxylic acids is 1. The number of fused-ring (bicyclic) bond motifs is 2. The van der Waals surface area contributed by atoms with E-state index in [1.807, 2.05) is 32.0 Å². The minimum absolute atomic E-state index is 0.0775. The number of nitrogens with zero attached hydrogens (tertiary/aromatic N) is 3. The lowest BCUT2D eigenvalue weighted by Gasteiger charge is -2.30. The molecule has 1 unspecified atom stereocenters. The topological polar surface area (TPSA) is 349 Å². The zero-order chi connectivity index (χ0) is 82.0. The molecular formula is C80H128N3O30S2-. The highest BCUT2D eigenvalue weighted by molar-refractivity contribution is 7.94. The van der Waals surface area contributed by atoms with Crippen LogP contribution in [0.4, 0.5) is 11.4 Å². The third kappa shape index (κ3) is 39.6. The van der Waals surface area contributed by atoms with Gasteiger partial charge < -0.3 is 110 Å². The smallest absolute Gasteiger partial charge is 0.303 e. The Morgan fingerprint density at radius 1 is 0.461 bits per heavy atom. The molecule has 2 aromatic rings. The summed E-state index contributed by atoms with van der Waals surface area (Å²) in [4.78, 5) is 39.1.